The molecule has 0 saturated carbocycles. The molecule has 0 spiro atoms. The fourth-order valence-corrected chi connectivity index (χ4v) is 0.477. The number of aryl methyl sites for hydroxylation is 2. The normalized spacial score (nSPS) is 8.00. The van der Waals surface area contributed by atoms with Crippen LogP contribution in [0.4, 0.5) is 0 Å². The Morgan fingerprint density at radius 3 is 1.40 bits per heavy atom. The van der Waals surface area contributed by atoms with Crippen molar-refractivity contribution in [2.75, 3.05) is 0 Å². The van der Waals surface area contributed by atoms with E-state index >= 15 is 0 Å². The molecule has 0 bridgehead atoms. The van der Waals surface area contributed by atoms with Gasteiger partial charge in [0.05, 0.1) is 11.4 Å². The lowest BCUT2D eigenvalue weighted by atomic mass is 10.4. The lowest BCUT2D eigenvalue weighted by molar-refractivity contribution is 1.05. The van der Waals surface area contributed by atoms with E-state index in [4.69, 9.17) is 0 Å². The molecular formula is C8H14N2. The molecule has 0 unspecified atom stereocenters. The first kappa shape index (κ1) is 9.08. The van der Waals surface area contributed by atoms with E-state index in [-0.39, 0.29) is 0 Å². The first-order valence-electron chi connectivity index (χ1n) is 3.55. The average Bonchev–Trinajstić information content (AvgIpc) is 2.00. The molecule has 0 aliphatic heterocycles. The Bertz CT molecular complexity index is 163. The number of nitrogens with zero attached hydrogens (tertiary/aromatic N) is 2. The van der Waals surface area contributed by atoms with Crippen LogP contribution in [0, 0.1) is 13.8 Å². The van der Waals surface area contributed by atoms with E-state index in [1.165, 1.54) is 0 Å². The van der Waals surface area contributed by atoms with Crippen molar-refractivity contribution in [3.63, 3.8) is 0 Å². The fourth-order valence-electron chi connectivity index (χ4n) is 0.477. The maximum absolute atomic E-state index is 4.02. The van der Waals surface area contributed by atoms with E-state index in [0.29, 0.717) is 0 Å². The van der Waals surface area contributed by atoms with Crippen molar-refractivity contribution in [3.05, 3.63) is 23.8 Å². The van der Waals surface area contributed by atoms with E-state index < -0.39 is 0 Å². The minimum absolute atomic E-state index is 1.01. The summed E-state index contributed by atoms with van der Waals surface area (Å²) >= 11 is 0. The maximum Gasteiger partial charge on any atom is 0.0584 e. The van der Waals surface area contributed by atoms with Crippen LogP contribution in [0.15, 0.2) is 12.4 Å². The van der Waals surface area contributed by atoms with Gasteiger partial charge in [-0.15, -0.1) is 0 Å². The number of aromatic nitrogens is 2. The minimum atomic E-state index is 1.01. The van der Waals surface area contributed by atoms with Crippen LogP contribution in [0.1, 0.15) is 25.2 Å². The molecule has 0 aromatic carbocycles. The van der Waals surface area contributed by atoms with E-state index in [1.54, 1.807) is 12.4 Å². The van der Waals surface area contributed by atoms with Gasteiger partial charge in [0, 0.05) is 12.4 Å². The molecule has 10 heavy (non-hydrogen) atoms. The largest absolute Gasteiger partial charge is 0.258 e. The second-order valence-corrected chi connectivity index (χ2v) is 1.73. The number of hydrogen-bond acceptors (Lipinski definition) is 2. The van der Waals surface area contributed by atoms with Gasteiger partial charge in [-0.05, 0) is 13.8 Å². The highest BCUT2D eigenvalue weighted by Gasteiger charge is 1.87. The van der Waals surface area contributed by atoms with Crippen molar-refractivity contribution in [3.8, 4) is 0 Å². The molecule has 1 rings (SSSR count). The van der Waals surface area contributed by atoms with Crippen LogP contribution in [0.3, 0.4) is 0 Å². The topological polar surface area (TPSA) is 25.8 Å². The van der Waals surface area contributed by atoms with Gasteiger partial charge in [0.25, 0.3) is 0 Å². The van der Waals surface area contributed by atoms with Crippen LogP contribution in [-0.2, 0) is 0 Å². The van der Waals surface area contributed by atoms with Crippen LogP contribution in [0.5, 0.6) is 0 Å². The summed E-state index contributed by atoms with van der Waals surface area (Å²) in [7, 11) is 0. The zero-order valence-corrected chi connectivity index (χ0v) is 7.05. The molecule has 0 saturated heterocycles. The third-order valence-corrected chi connectivity index (χ3v) is 1.13. The number of rotatable bonds is 0. The van der Waals surface area contributed by atoms with Gasteiger partial charge in [0.2, 0.25) is 0 Å². The van der Waals surface area contributed by atoms with E-state index in [1.807, 2.05) is 27.7 Å². The standard InChI is InChI=1S/C6H8N2.C2H6/c1-5-6(2)8-4-3-7-5;1-2/h3-4H,1-2H3;1-2H3. The molecule has 0 atom stereocenters. The Morgan fingerprint density at radius 1 is 0.900 bits per heavy atom. The van der Waals surface area contributed by atoms with Crippen molar-refractivity contribution < 1.29 is 0 Å². The van der Waals surface area contributed by atoms with Crippen LogP contribution >= 0.6 is 0 Å². The van der Waals surface area contributed by atoms with Gasteiger partial charge in [-0.3, -0.25) is 9.97 Å². The second kappa shape index (κ2) is 4.91. The highest BCUT2D eigenvalue weighted by atomic mass is 14.8. The molecule has 1 heterocycles. The summed E-state index contributed by atoms with van der Waals surface area (Å²) < 4.78 is 0. The van der Waals surface area contributed by atoms with Crippen LogP contribution < -0.4 is 0 Å². The molecule has 0 radical (unpaired) electrons. The van der Waals surface area contributed by atoms with Gasteiger partial charge in [-0.2, -0.15) is 0 Å². The zero-order chi connectivity index (χ0) is 7.98. The molecule has 0 aliphatic rings. The Kier molecular flexibility index (Phi) is 4.46. The van der Waals surface area contributed by atoms with Gasteiger partial charge in [-0.1, -0.05) is 13.8 Å². The van der Waals surface area contributed by atoms with Gasteiger partial charge in [0.15, 0.2) is 0 Å². The summed E-state index contributed by atoms with van der Waals surface area (Å²) in [5.41, 5.74) is 2.01. The molecule has 2 heteroatoms. The molecule has 1 aromatic rings. The molecule has 0 aliphatic carbocycles. The zero-order valence-electron chi connectivity index (χ0n) is 7.05. The van der Waals surface area contributed by atoms with Crippen molar-refractivity contribution in [2.24, 2.45) is 0 Å². The Morgan fingerprint density at radius 2 is 1.20 bits per heavy atom. The molecule has 2 nitrogen and oxygen atoms in total. The Hall–Kier alpha value is -0.920. The monoisotopic (exact) mass is 138 g/mol. The first-order chi connectivity index (χ1) is 4.80. The Labute approximate surface area is 62.3 Å². The highest BCUT2D eigenvalue weighted by Crippen LogP contribution is 1.93. The van der Waals surface area contributed by atoms with E-state index in [0.717, 1.165) is 11.4 Å². The SMILES string of the molecule is CC.Cc1nccnc1C. The average molecular weight is 138 g/mol. The fraction of sp³-hybridized carbons (Fsp3) is 0.500. The Balaban J connectivity index is 0.000000371. The summed E-state index contributed by atoms with van der Waals surface area (Å²) in [5.74, 6) is 0. The van der Waals surface area contributed by atoms with Crippen LogP contribution in [0.2, 0.25) is 0 Å². The first-order valence-corrected chi connectivity index (χ1v) is 3.55. The van der Waals surface area contributed by atoms with E-state index in [2.05, 4.69) is 9.97 Å². The van der Waals surface area contributed by atoms with Crippen molar-refractivity contribution in [2.45, 2.75) is 27.7 Å². The lowest BCUT2D eigenvalue weighted by Crippen LogP contribution is -1.87. The van der Waals surface area contributed by atoms with Crippen molar-refractivity contribution in [1.29, 1.82) is 0 Å². The summed E-state index contributed by atoms with van der Waals surface area (Å²) in [5, 5.41) is 0. The van der Waals surface area contributed by atoms with Crippen molar-refractivity contribution in [1.82, 2.24) is 9.97 Å². The molecular weight excluding hydrogens is 124 g/mol. The predicted octanol–water partition coefficient (Wildman–Crippen LogP) is 2.12. The summed E-state index contributed by atoms with van der Waals surface area (Å²) in [4.78, 5) is 8.03. The minimum Gasteiger partial charge on any atom is -0.258 e. The summed E-state index contributed by atoms with van der Waals surface area (Å²) in [6.45, 7) is 7.89. The molecule has 0 N–H and O–H groups in total. The third kappa shape index (κ3) is 2.58. The summed E-state index contributed by atoms with van der Waals surface area (Å²) in [6, 6.07) is 0. The van der Waals surface area contributed by atoms with E-state index in [9.17, 15) is 0 Å². The molecule has 56 valence electrons. The van der Waals surface area contributed by atoms with Crippen LogP contribution in [-0.4, -0.2) is 9.97 Å². The predicted molar refractivity (Wildman–Crippen MR) is 42.9 cm³/mol. The smallest absolute Gasteiger partial charge is 0.0584 e. The molecule has 0 amide bonds. The maximum atomic E-state index is 4.02. The second-order valence-electron chi connectivity index (χ2n) is 1.73. The van der Waals surface area contributed by atoms with Gasteiger partial charge >= 0.3 is 0 Å². The van der Waals surface area contributed by atoms with Gasteiger partial charge in [0.1, 0.15) is 0 Å². The molecule has 1 aromatic heterocycles. The lowest BCUT2D eigenvalue weighted by Gasteiger charge is -1.91. The number of hydrogen-bond donors (Lipinski definition) is 0. The van der Waals surface area contributed by atoms with Crippen molar-refractivity contribution >= 4 is 0 Å². The third-order valence-electron chi connectivity index (χ3n) is 1.13. The highest BCUT2D eigenvalue weighted by molar-refractivity contribution is 5.04. The van der Waals surface area contributed by atoms with Gasteiger partial charge in [-0.25, -0.2) is 0 Å². The quantitative estimate of drug-likeness (QED) is 0.548. The summed E-state index contributed by atoms with van der Waals surface area (Å²) in [6.07, 6.45) is 3.39. The van der Waals surface area contributed by atoms with Crippen LogP contribution in [0.25, 0.3) is 0 Å². The van der Waals surface area contributed by atoms with Gasteiger partial charge < -0.3 is 0 Å². The molecule has 0 fully saturated rings.